The lowest BCUT2D eigenvalue weighted by Gasteiger charge is -2.02. The molecule has 1 aromatic carbocycles. The van der Waals surface area contributed by atoms with Crippen molar-refractivity contribution in [1.29, 1.82) is 0 Å². The summed E-state index contributed by atoms with van der Waals surface area (Å²) in [5, 5.41) is -0.106. The normalized spacial score (nSPS) is 11.6. The van der Waals surface area contributed by atoms with Crippen LogP contribution >= 0.6 is 11.6 Å². The Morgan fingerprint density at radius 2 is 2.08 bits per heavy atom. The van der Waals surface area contributed by atoms with Gasteiger partial charge in [0.15, 0.2) is 0 Å². The molecule has 71 valence electrons. The quantitative estimate of drug-likeness (QED) is 0.720. The second-order valence-electron chi connectivity index (χ2n) is 2.15. The summed E-state index contributed by atoms with van der Waals surface area (Å²) in [6.07, 6.45) is 0. The van der Waals surface area contributed by atoms with E-state index >= 15 is 0 Å². The smallest absolute Gasteiger partial charge is 0.264 e. The van der Waals surface area contributed by atoms with Gasteiger partial charge < -0.3 is 0 Å². The first kappa shape index (κ1) is 10.4. The van der Waals surface area contributed by atoms with Crippen LogP contribution in [0.15, 0.2) is 23.1 Å². The summed E-state index contributed by atoms with van der Waals surface area (Å²) in [5.74, 6) is -0.708. The van der Waals surface area contributed by atoms with Crippen LogP contribution in [0, 0.1) is 12.9 Å². The molecule has 0 amide bonds. The van der Waals surface area contributed by atoms with Crippen LogP contribution in [0.4, 0.5) is 4.39 Å². The Labute approximate surface area is 80.2 Å². The van der Waals surface area contributed by atoms with Crippen LogP contribution in [0.25, 0.3) is 0 Å². The van der Waals surface area contributed by atoms with Crippen molar-refractivity contribution < 1.29 is 17.0 Å². The monoisotopic (exact) mass is 223 g/mol. The van der Waals surface area contributed by atoms with E-state index in [1.54, 1.807) is 0 Å². The number of hydrogen-bond acceptors (Lipinski definition) is 3. The zero-order chi connectivity index (χ0) is 10.1. The van der Waals surface area contributed by atoms with Gasteiger partial charge in [-0.05, 0) is 18.2 Å². The lowest BCUT2D eigenvalue weighted by Crippen LogP contribution is -2.02. The van der Waals surface area contributed by atoms with Crippen molar-refractivity contribution in [2.75, 3.05) is 0 Å². The molecule has 0 bridgehead atoms. The molecular weight excluding hydrogens is 219 g/mol. The maximum Gasteiger partial charge on any atom is 0.298 e. The lowest BCUT2D eigenvalue weighted by atomic mass is 10.3. The van der Waals surface area contributed by atoms with E-state index in [0.717, 1.165) is 18.2 Å². The van der Waals surface area contributed by atoms with Gasteiger partial charge in [0, 0.05) is 0 Å². The van der Waals surface area contributed by atoms with Crippen molar-refractivity contribution in [2.24, 2.45) is 0 Å². The molecule has 0 saturated carbocycles. The molecule has 0 aliphatic rings. The minimum absolute atomic E-state index is 0.106. The van der Waals surface area contributed by atoms with Crippen LogP contribution in [-0.2, 0) is 14.3 Å². The highest BCUT2D eigenvalue weighted by atomic mass is 35.5. The molecule has 6 heteroatoms. The molecule has 0 fully saturated rings. The van der Waals surface area contributed by atoms with Crippen LogP contribution in [0.2, 0.25) is 5.02 Å². The van der Waals surface area contributed by atoms with Crippen LogP contribution in [-0.4, -0.2) is 8.42 Å². The van der Waals surface area contributed by atoms with Gasteiger partial charge in [0.05, 0.1) is 12.1 Å². The molecule has 0 aliphatic heterocycles. The van der Waals surface area contributed by atoms with E-state index < -0.39 is 20.8 Å². The third kappa shape index (κ3) is 2.18. The number of halogens is 2. The molecular formula is C7H5ClFO3S. The molecule has 0 N–H and O–H groups in total. The summed E-state index contributed by atoms with van der Waals surface area (Å²) in [6, 6.07) is 2.94. The molecule has 0 aliphatic carbocycles. The lowest BCUT2D eigenvalue weighted by molar-refractivity contribution is 0.437. The van der Waals surface area contributed by atoms with Crippen molar-refractivity contribution in [3.8, 4) is 0 Å². The van der Waals surface area contributed by atoms with Gasteiger partial charge >= 0.3 is 0 Å². The Hall–Kier alpha value is -0.650. The van der Waals surface area contributed by atoms with E-state index in [2.05, 4.69) is 11.3 Å². The van der Waals surface area contributed by atoms with Crippen molar-refractivity contribution in [1.82, 2.24) is 0 Å². The van der Waals surface area contributed by atoms with Crippen LogP contribution in [0.1, 0.15) is 0 Å². The van der Waals surface area contributed by atoms with Crippen LogP contribution in [0.3, 0.4) is 0 Å². The molecule has 1 radical (unpaired) electrons. The largest absolute Gasteiger partial charge is 0.298 e. The SMILES string of the molecule is [CH2]OS(=O)(=O)c1cc(F)ccc1Cl. The first-order chi connectivity index (χ1) is 5.97. The minimum Gasteiger partial charge on any atom is -0.264 e. The van der Waals surface area contributed by atoms with E-state index in [9.17, 15) is 12.8 Å². The average Bonchev–Trinajstić information content (AvgIpc) is 2.09. The maximum absolute atomic E-state index is 12.6. The highest BCUT2D eigenvalue weighted by Crippen LogP contribution is 2.23. The molecule has 0 atom stereocenters. The zero-order valence-corrected chi connectivity index (χ0v) is 7.90. The molecule has 0 unspecified atom stereocenters. The topological polar surface area (TPSA) is 43.4 Å². The first-order valence-electron chi connectivity index (χ1n) is 3.11. The van der Waals surface area contributed by atoms with Crippen molar-refractivity contribution in [2.45, 2.75) is 4.90 Å². The predicted octanol–water partition coefficient (Wildman–Crippen LogP) is 1.98. The molecule has 13 heavy (non-hydrogen) atoms. The molecule has 0 aromatic heterocycles. The van der Waals surface area contributed by atoms with Crippen molar-refractivity contribution in [3.05, 3.63) is 36.1 Å². The van der Waals surface area contributed by atoms with E-state index in [0.29, 0.717) is 0 Å². The Morgan fingerprint density at radius 1 is 1.46 bits per heavy atom. The Morgan fingerprint density at radius 3 is 2.62 bits per heavy atom. The molecule has 0 spiro atoms. The third-order valence-corrected chi connectivity index (χ3v) is 2.95. The van der Waals surface area contributed by atoms with Crippen molar-refractivity contribution >= 4 is 21.7 Å². The van der Waals surface area contributed by atoms with E-state index in [1.165, 1.54) is 0 Å². The summed E-state index contributed by atoms with van der Waals surface area (Å²) in [6.45, 7) is 0. The molecule has 1 aromatic rings. The van der Waals surface area contributed by atoms with Gasteiger partial charge in [-0.15, -0.1) is 0 Å². The average molecular weight is 224 g/mol. The predicted molar refractivity (Wildman–Crippen MR) is 45.0 cm³/mol. The van der Waals surface area contributed by atoms with Crippen LogP contribution < -0.4 is 0 Å². The van der Waals surface area contributed by atoms with E-state index in [1.807, 2.05) is 0 Å². The fourth-order valence-electron chi connectivity index (χ4n) is 0.732. The van der Waals surface area contributed by atoms with Gasteiger partial charge in [-0.2, -0.15) is 8.42 Å². The van der Waals surface area contributed by atoms with Crippen LogP contribution in [0.5, 0.6) is 0 Å². The fourth-order valence-corrected chi connectivity index (χ4v) is 1.82. The second kappa shape index (κ2) is 3.61. The van der Waals surface area contributed by atoms with Gasteiger partial charge in [0.2, 0.25) is 0 Å². The van der Waals surface area contributed by atoms with Gasteiger partial charge in [-0.3, -0.25) is 4.18 Å². The summed E-state index contributed by atoms with van der Waals surface area (Å²) in [5.41, 5.74) is 0. The van der Waals surface area contributed by atoms with Crippen molar-refractivity contribution in [3.63, 3.8) is 0 Å². The molecule has 3 nitrogen and oxygen atoms in total. The second-order valence-corrected chi connectivity index (χ2v) is 4.14. The van der Waals surface area contributed by atoms with E-state index in [-0.39, 0.29) is 5.02 Å². The Kier molecular flexibility index (Phi) is 2.90. The highest BCUT2D eigenvalue weighted by molar-refractivity contribution is 7.87. The highest BCUT2D eigenvalue weighted by Gasteiger charge is 2.17. The summed E-state index contributed by atoms with van der Waals surface area (Å²) in [4.78, 5) is -0.427. The number of rotatable bonds is 2. The molecule has 0 heterocycles. The number of benzene rings is 1. The third-order valence-electron chi connectivity index (χ3n) is 1.32. The Balaban J connectivity index is 3.38. The zero-order valence-electron chi connectivity index (χ0n) is 6.33. The summed E-state index contributed by atoms with van der Waals surface area (Å²) >= 11 is 5.51. The van der Waals surface area contributed by atoms with E-state index in [4.69, 9.17) is 11.6 Å². The molecule has 0 saturated heterocycles. The number of hydrogen-bond donors (Lipinski definition) is 0. The minimum atomic E-state index is -4.03. The summed E-state index contributed by atoms with van der Waals surface area (Å²) < 4.78 is 38.6. The van der Waals surface area contributed by atoms with Gasteiger partial charge in [-0.1, -0.05) is 11.6 Å². The van der Waals surface area contributed by atoms with Gasteiger partial charge in [0.1, 0.15) is 10.7 Å². The maximum atomic E-state index is 12.6. The van der Waals surface area contributed by atoms with Gasteiger partial charge in [-0.25, -0.2) is 4.39 Å². The van der Waals surface area contributed by atoms with Gasteiger partial charge in [0.25, 0.3) is 10.1 Å². The fraction of sp³-hybridized carbons (Fsp3) is 0. The molecule has 1 rings (SSSR count). The first-order valence-corrected chi connectivity index (χ1v) is 4.90. The standard InChI is InChI=1S/C7H5ClFO3S/c1-12-13(10,11)7-4-5(9)2-3-6(7)8/h2-4H,1H2. The summed E-state index contributed by atoms with van der Waals surface area (Å²) in [7, 11) is -1.30. The Bertz CT molecular complexity index is 416.